The molecule has 0 aliphatic carbocycles. The molecule has 1 aromatic heterocycles. The van der Waals surface area contributed by atoms with Crippen LogP contribution in [-0.4, -0.2) is 0 Å². The fourth-order valence-electron chi connectivity index (χ4n) is 1.47. The Bertz CT molecular complexity index is 447. The lowest BCUT2D eigenvalue weighted by Crippen LogP contribution is -1.93. The van der Waals surface area contributed by atoms with E-state index >= 15 is 0 Å². The summed E-state index contributed by atoms with van der Waals surface area (Å²) in [6.45, 7) is 2.02. The van der Waals surface area contributed by atoms with E-state index in [1.54, 1.807) is 0 Å². The molecule has 0 fully saturated rings. The van der Waals surface area contributed by atoms with E-state index in [0.717, 1.165) is 16.7 Å². The molecule has 0 saturated carbocycles. The van der Waals surface area contributed by atoms with Gasteiger partial charge in [0.15, 0.2) is 0 Å². The second-order valence-corrected chi connectivity index (χ2v) is 3.86. The van der Waals surface area contributed by atoms with Crippen LogP contribution in [0.25, 0.3) is 10.1 Å². The molecule has 0 aliphatic rings. The fourth-order valence-corrected chi connectivity index (χ4v) is 2.29. The van der Waals surface area contributed by atoms with Crippen molar-refractivity contribution in [2.45, 2.75) is 13.3 Å². The van der Waals surface area contributed by atoms with E-state index in [9.17, 15) is 4.39 Å². The SMILES string of the molecule is CCc1ccc2scc(F)c2c1N. The second kappa shape index (κ2) is 3.00. The number of anilines is 1. The van der Waals surface area contributed by atoms with Gasteiger partial charge in [-0.3, -0.25) is 0 Å². The number of hydrogen-bond donors (Lipinski definition) is 1. The van der Waals surface area contributed by atoms with Gasteiger partial charge in [0.2, 0.25) is 0 Å². The predicted octanol–water partition coefficient (Wildman–Crippen LogP) is 3.19. The number of benzene rings is 1. The lowest BCUT2D eigenvalue weighted by atomic mass is 10.1. The minimum Gasteiger partial charge on any atom is -0.398 e. The van der Waals surface area contributed by atoms with Crippen LogP contribution in [0, 0.1) is 5.82 Å². The van der Waals surface area contributed by atoms with Gasteiger partial charge in [-0.05, 0) is 18.1 Å². The average molecular weight is 195 g/mol. The third-order valence-corrected chi connectivity index (χ3v) is 3.13. The molecule has 0 saturated heterocycles. The molecule has 2 N–H and O–H groups in total. The van der Waals surface area contributed by atoms with E-state index in [2.05, 4.69) is 0 Å². The van der Waals surface area contributed by atoms with Gasteiger partial charge in [-0.2, -0.15) is 0 Å². The summed E-state index contributed by atoms with van der Waals surface area (Å²) in [6, 6.07) is 3.89. The molecule has 1 aromatic carbocycles. The minimum atomic E-state index is -0.201. The molecule has 1 nitrogen and oxygen atoms in total. The van der Waals surface area contributed by atoms with Crippen LogP contribution in [0.15, 0.2) is 17.5 Å². The van der Waals surface area contributed by atoms with Gasteiger partial charge in [0.25, 0.3) is 0 Å². The van der Waals surface area contributed by atoms with Gasteiger partial charge in [-0.1, -0.05) is 13.0 Å². The maximum Gasteiger partial charge on any atom is 0.143 e. The van der Waals surface area contributed by atoms with Crippen LogP contribution >= 0.6 is 11.3 Å². The Hall–Kier alpha value is -1.09. The van der Waals surface area contributed by atoms with E-state index < -0.39 is 0 Å². The van der Waals surface area contributed by atoms with E-state index in [0.29, 0.717) is 11.1 Å². The van der Waals surface area contributed by atoms with Crippen molar-refractivity contribution < 1.29 is 4.39 Å². The Morgan fingerprint density at radius 1 is 1.46 bits per heavy atom. The van der Waals surface area contributed by atoms with Gasteiger partial charge < -0.3 is 5.73 Å². The van der Waals surface area contributed by atoms with Crippen molar-refractivity contribution in [3.8, 4) is 0 Å². The van der Waals surface area contributed by atoms with Crippen molar-refractivity contribution in [2.24, 2.45) is 0 Å². The molecule has 0 spiro atoms. The fraction of sp³-hybridized carbons (Fsp3) is 0.200. The molecular formula is C10H10FNS. The third-order valence-electron chi connectivity index (χ3n) is 2.21. The average Bonchev–Trinajstić information content (AvgIpc) is 2.49. The third kappa shape index (κ3) is 1.20. The van der Waals surface area contributed by atoms with Crippen LogP contribution in [0.1, 0.15) is 12.5 Å². The Kier molecular flexibility index (Phi) is 1.96. The molecule has 3 heteroatoms. The van der Waals surface area contributed by atoms with Crippen LogP contribution in [0.2, 0.25) is 0 Å². The summed E-state index contributed by atoms with van der Waals surface area (Å²) in [7, 11) is 0. The maximum absolute atomic E-state index is 13.3. The zero-order chi connectivity index (χ0) is 9.42. The topological polar surface area (TPSA) is 26.0 Å². The molecular weight excluding hydrogens is 185 g/mol. The highest BCUT2D eigenvalue weighted by Crippen LogP contribution is 2.31. The predicted molar refractivity (Wildman–Crippen MR) is 55.6 cm³/mol. The van der Waals surface area contributed by atoms with Crippen molar-refractivity contribution in [1.29, 1.82) is 0 Å². The summed E-state index contributed by atoms with van der Waals surface area (Å²) < 4.78 is 14.2. The lowest BCUT2D eigenvalue weighted by Gasteiger charge is -2.03. The summed E-state index contributed by atoms with van der Waals surface area (Å²) in [5.41, 5.74) is 7.46. The van der Waals surface area contributed by atoms with Crippen LogP contribution in [0.3, 0.4) is 0 Å². The smallest absolute Gasteiger partial charge is 0.143 e. The number of nitrogen functional groups attached to an aromatic ring is 1. The van der Waals surface area contributed by atoms with E-state index in [-0.39, 0.29) is 5.82 Å². The Morgan fingerprint density at radius 3 is 2.92 bits per heavy atom. The zero-order valence-electron chi connectivity index (χ0n) is 7.30. The maximum atomic E-state index is 13.3. The second-order valence-electron chi connectivity index (χ2n) is 2.95. The molecule has 68 valence electrons. The first kappa shape index (κ1) is 8.51. The molecule has 0 unspecified atom stereocenters. The first-order valence-corrected chi connectivity index (χ1v) is 5.06. The van der Waals surface area contributed by atoms with Crippen LogP contribution in [0.5, 0.6) is 0 Å². The number of hydrogen-bond acceptors (Lipinski definition) is 2. The Morgan fingerprint density at radius 2 is 2.23 bits per heavy atom. The van der Waals surface area contributed by atoms with Gasteiger partial charge in [0.1, 0.15) is 5.82 Å². The quantitative estimate of drug-likeness (QED) is 0.695. The number of thiophene rings is 1. The molecule has 13 heavy (non-hydrogen) atoms. The summed E-state index contributed by atoms with van der Waals surface area (Å²) in [4.78, 5) is 0. The van der Waals surface area contributed by atoms with Crippen LogP contribution in [-0.2, 0) is 6.42 Å². The largest absolute Gasteiger partial charge is 0.398 e. The van der Waals surface area contributed by atoms with Crippen LogP contribution < -0.4 is 5.73 Å². The van der Waals surface area contributed by atoms with E-state index in [1.807, 2.05) is 19.1 Å². The van der Waals surface area contributed by atoms with Crippen molar-refractivity contribution in [2.75, 3.05) is 5.73 Å². The Labute approximate surface area is 80.0 Å². The lowest BCUT2D eigenvalue weighted by molar-refractivity contribution is 0.644. The van der Waals surface area contributed by atoms with Gasteiger partial charge in [-0.25, -0.2) is 4.39 Å². The highest BCUT2D eigenvalue weighted by Gasteiger charge is 2.09. The van der Waals surface area contributed by atoms with Crippen molar-refractivity contribution in [3.05, 3.63) is 28.9 Å². The molecule has 0 atom stereocenters. The van der Waals surface area contributed by atoms with Crippen molar-refractivity contribution >= 4 is 27.1 Å². The minimum absolute atomic E-state index is 0.201. The highest BCUT2D eigenvalue weighted by molar-refractivity contribution is 7.17. The van der Waals surface area contributed by atoms with Gasteiger partial charge >= 0.3 is 0 Å². The Balaban J connectivity index is 2.83. The summed E-state index contributed by atoms with van der Waals surface area (Å²) in [5, 5.41) is 2.09. The molecule has 0 bridgehead atoms. The van der Waals surface area contributed by atoms with Gasteiger partial charge in [-0.15, -0.1) is 11.3 Å². The molecule has 2 aromatic rings. The zero-order valence-corrected chi connectivity index (χ0v) is 8.12. The summed E-state index contributed by atoms with van der Waals surface area (Å²) in [5.74, 6) is -0.201. The number of fused-ring (bicyclic) bond motifs is 1. The highest BCUT2D eigenvalue weighted by atomic mass is 32.1. The first-order valence-electron chi connectivity index (χ1n) is 4.18. The summed E-state index contributed by atoms with van der Waals surface area (Å²) >= 11 is 1.39. The number of rotatable bonds is 1. The van der Waals surface area contributed by atoms with E-state index in [4.69, 9.17) is 5.73 Å². The number of halogens is 1. The van der Waals surface area contributed by atoms with Crippen LogP contribution in [0.4, 0.5) is 10.1 Å². The first-order chi connectivity index (χ1) is 6.24. The molecule has 0 amide bonds. The normalized spacial score (nSPS) is 10.9. The monoisotopic (exact) mass is 195 g/mol. The number of nitrogens with two attached hydrogens (primary N) is 1. The van der Waals surface area contributed by atoms with Gasteiger partial charge in [0.05, 0.1) is 5.39 Å². The summed E-state index contributed by atoms with van der Waals surface area (Å²) in [6.07, 6.45) is 0.844. The van der Waals surface area contributed by atoms with E-state index in [1.165, 1.54) is 16.7 Å². The number of aryl methyl sites for hydroxylation is 1. The molecule has 1 heterocycles. The van der Waals surface area contributed by atoms with Crippen molar-refractivity contribution in [1.82, 2.24) is 0 Å². The standard InChI is InChI=1S/C10H10FNS/c1-2-6-3-4-8-9(10(6)12)7(11)5-13-8/h3-5H,2,12H2,1H3. The molecule has 2 rings (SSSR count). The van der Waals surface area contributed by atoms with Crippen molar-refractivity contribution in [3.63, 3.8) is 0 Å². The van der Waals surface area contributed by atoms with Gasteiger partial charge in [0, 0.05) is 15.8 Å². The molecule has 0 aliphatic heterocycles. The molecule has 0 radical (unpaired) electrons.